The smallest absolute Gasteiger partial charge is 0.333 e. The fourth-order valence-electron chi connectivity index (χ4n) is 10.9. The number of rotatable bonds is 6. The van der Waals surface area contributed by atoms with Crippen molar-refractivity contribution in [3.8, 4) is 80.1 Å². The van der Waals surface area contributed by atoms with Crippen molar-refractivity contribution < 1.29 is 93.4 Å². The molecule has 28 heteroatoms. The molecule has 6 aliphatic rings. The number of nitrogens with one attached hydrogen (secondary N) is 7. The summed E-state index contributed by atoms with van der Waals surface area (Å²) in [6.45, 7) is -0.563. The molecule has 6 amide bonds. The summed E-state index contributed by atoms with van der Waals surface area (Å²) in [7, 11) is 1.47. The van der Waals surface area contributed by atoms with E-state index < -0.39 is 152 Å². The number of fused-ring (bicyclic) bond motifs is 14. The summed E-state index contributed by atoms with van der Waals surface area (Å²) in [6.07, 6.45) is -2.03. The van der Waals surface area contributed by atoms with Crippen molar-refractivity contribution in [2.75, 3.05) is 20.3 Å². The highest BCUT2D eigenvalue weighted by Crippen LogP contribution is 2.48. The minimum atomic E-state index is -2.17. The van der Waals surface area contributed by atoms with Crippen molar-refractivity contribution in [3.63, 3.8) is 0 Å². The molecule has 6 heterocycles. The molecular formula is C63H55Cl2N7O19. The zero-order chi connectivity index (χ0) is 64.7. The minimum Gasteiger partial charge on any atom is -0.508 e. The van der Waals surface area contributed by atoms with Gasteiger partial charge in [-0.3, -0.25) is 28.8 Å². The van der Waals surface area contributed by atoms with Crippen LogP contribution in [0.5, 0.6) is 69.0 Å². The lowest BCUT2D eigenvalue weighted by Gasteiger charge is -2.31. The molecule has 17 bridgehead atoms. The molecule has 0 spiro atoms. The van der Waals surface area contributed by atoms with E-state index >= 15 is 19.2 Å². The molecule has 0 fully saturated rings. The highest BCUT2D eigenvalue weighted by atomic mass is 35.5. The highest BCUT2D eigenvalue weighted by molar-refractivity contribution is 6.33. The summed E-state index contributed by atoms with van der Waals surface area (Å²) in [5, 5.41) is 108. The van der Waals surface area contributed by atoms with Crippen LogP contribution >= 0.6 is 23.2 Å². The molecule has 91 heavy (non-hydrogen) atoms. The molecule has 26 nitrogen and oxygen atoms in total. The van der Waals surface area contributed by atoms with E-state index in [2.05, 4.69) is 37.2 Å². The molecule has 8 unspecified atom stereocenters. The van der Waals surface area contributed by atoms with Gasteiger partial charge in [-0.1, -0.05) is 53.5 Å². The Morgan fingerprint density at radius 3 is 1.93 bits per heavy atom. The molecule has 0 aliphatic carbocycles. The van der Waals surface area contributed by atoms with E-state index in [0.717, 1.165) is 60.7 Å². The van der Waals surface area contributed by atoms with Gasteiger partial charge < -0.3 is 97.0 Å². The summed E-state index contributed by atoms with van der Waals surface area (Å²) >= 11 is 13.7. The molecule has 7 aromatic rings. The van der Waals surface area contributed by atoms with Crippen molar-refractivity contribution in [1.29, 1.82) is 0 Å². The summed E-state index contributed by atoms with van der Waals surface area (Å²) in [5.41, 5.74) is -1.60. The monoisotopic (exact) mass is 1280 g/mol. The highest BCUT2D eigenvalue weighted by Gasteiger charge is 2.42. The summed E-state index contributed by atoms with van der Waals surface area (Å²) in [4.78, 5) is 106. The van der Waals surface area contributed by atoms with Gasteiger partial charge in [-0.05, 0) is 121 Å². The number of aromatic hydroxyl groups is 6. The number of phenols is 6. The zero-order valence-corrected chi connectivity index (χ0v) is 49.0. The summed E-state index contributed by atoms with van der Waals surface area (Å²) in [6, 6.07) is 9.92. The molecular weight excluding hydrogens is 1230 g/mol. The van der Waals surface area contributed by atoms with Crippen LogP contribution in [-0.4, -0.2) is 115 Å². The number of aliphatic hydroxyl groups excluding tert-OH is 2. The first-order valence-electron chi connectivity index (χ1n) is 28.1. The maximum atomic E-state index is 15.8. The van der Waals surface area contributed by atoms with E-state index in [1.165, 1.54) is 61.6 Å². The lowest BCUT2D eigenvalue weighted by Crippen LogP contribution is -2.55. The molecule has 15 N–H and O–H groups in total. The number of ether oxygens (including phenoxy) is 4. The second-order valence-electron chi connectivity index (χ2n) is 21.6. The van der Waals surface area contributed by atoms with Crippen LogP contribution in [0.15, 0.2) is 115 Å². The van der Waals surface area contributed by atoms with Gasteiger partial charge in [0.2, 0.25) is 41.2 Å². The average molecular weight is 1290 g/mol. The van der Waals surface area contributed by atoms with E-state index in [4.69, 9.17) is 42.1 Å². The van der Waals surface area contributed by atoms with Crippen LogP contribution in [0.4, 0.5) is 0 Å². The van der Waals surface area contributed by atoms with E-state index in [0.29, 0.717) is 5.56 Å². The number of unbranched alkanes of at least 4 members (excludes halogenated alkanes) is 1. The number of phenolic OH excluding ortho intramolecular Hbond substituents is 6. The quantitative estimate of drug-likeness (QED) is 0.0724. The Morgan fingerprint density at radius 2 is 1.21 bits per heavy atom. The topological polar surface area (TPSA) is 402 Å². The second-order valence-corrected chi connectivity index (χ2v) is 22.4. The standard InChI is InChI=1S/C63H55Cl2N7O19/c1-66-49-28-7-12-40(76)44(19-28)90-33-24-36(48(65)42(78)25-33)52-61(85)69-51-30-20-45(89-32-9-4-26(5-10-32)16-38(57(81)70-52)67-58(49)82)56(80)46(21-30)91-43-13-8-29(18-37(43)64)55(79)54-62(86)71-53(63(87)88-15-3-2-14-73)35-22-31(74)23-41(77)47(35)34-17-27(6-11-39(34)75)50(59(83)72-54)68-60(51)84/h4-13,17-25,38,49-55,66,73-80H,2-3,14-16H2,1H3,(H,67,82)(H,68,84)(H,69,85)(H,70,81)(H,71,86)(H,72,83). The van der Waals surface area contributed by atoms with E-state index in [9.17, 15) is 55.2 Å². The van der Waals surface area contributed by atoms with Gasteiger partial charge in [-0.25, -0.2) is 4.79 Å². The van der Waals surface area contributed by atoms with Gasteiger partial charge in [0.05, 0.1) is 16.7 Å². The maximum absolute atomic E-state index is 15.8. The van der Waals surface area contributed by atoms with Crippen LogP contribution in [0.25, 0.3) is 11.1 Å². The van der Waals surface area contributed by atoms with Gasteiger partial charge in [-0.2, -0.15) is 0 Å². The van der Waals surface area contributed by atoms with Crippen molar-refractivity contribution in [2.24, 2.45) is 0 Å². The first-order chi connectivity index (χ1) is 43.6. The number of likely N-dealkylation sites (N-methyl/N-ethyl adjacent to an activating group) is 1. The van der Waals surface area contributed by atoms with Crippen LogP contribution in [0.1, 0.15) is 88.1 Å². The Labute approximate surface area is 525 Å². The van der Waals surface area contributed by atoms with Crippen molar-refractivity contribution >= 4 is 64.6 Å². The van der Waals surface area contributed by atoms with Crippen LogP contribution < -0.4 is 51.4 Å². The second kappa shape index (κ2) is 25.5. The third kappa shape index (κ3) is 12.6. The van der Waals surface area contributed by atoms with Gasteiger partial charge in [0.25, 0.3) is 0 Å². The van der Waals surface area contributed by atoms with Crippen LogP contribution in [0.3, 0.4) is 0 Å². The normalized spacial score (nSPS) is 21.3. The van der Waals surface area contributed by atoms with Gasteiger partial charge >= 0.3 is 5.97 Å². The van der Waals surface area contributed by atoms with Crippen molar-refractivity contribution in [1.82, 2.24) is 37.2 Å². The number of aliphatic hydroxyl groups is 2. The summed E-state index contributed by atoms with van der Waals surface area (Å²) in [5.74, 6) is -13.8. The first kappa shape index (κ1) is 62.1. The number of hydrogen-bond acceptors (Lipinski definition) is 20. The molecule has 0 saturated heterocycles. The summed E-state index contributed by atoms with van der Waals surface area (Å²) < 4.78 is 24.1. The van der Waals surface area contributed by atoms with E-state index in [1.54, 1.807) is 0 Å². The Hall–Kier alpha value is -10.5. The van der Waals surface area contributed by atoms with Gasteiger partial charge in [-0.15, -0.1) is 0 Å². The Kier molecular flexibility index (Phi) is 17.4. The maximum Gasteiger partial charge on any atom is 0.333 e. The largest absolute Gasteiger partial charge is 0.508 e. The molecule has 6 aliphatic heterocycles. The predicted octanol–water partition coefficient (Wildman–Crippen LogP) is 5.48. The zero-order valence-electron chi connectivity index (χ0n) is 47.4. The number of carbonyl (C=O) groups is 7. The van der Waals surface area contributed by atoms with Crippen LogP contribution in [0, 0.1) is 0 Å². The predicted molar refractivity (Wildman–Crippen MR) is 319 cm³/mol. The lowest BCUT2D eigenvalue weighted by molar-refractivity contribution is -0.149. The molecule has 0 radical (unpaired) electrons. The SMILES string of the molecule is CNC1C(=O)NC2Cc3ccc(cc3)Oc3cc4cc(c3O)Oc3ccc(cc3Cl)C(O)C3NC(=O)C(NC(=O)C4NC(=O)C(NC2=O)c2cc(cc(O)c2Cl)Oc2cc1ccc2O)c1ccc(O)c(c1)-c1c(O)cc(O)cc1C(C(=O)OCCCCO)NC3=O. The van der Waals surface area contributed by atoms with Crippen molar-refractivity contribution in [3.05, 3.63) is 164 Å². The number of hydrogen-bond donors (Lipinski definition) is 15. The third-order valence-corrected chi connectivity index (χ3v) is 16.2. The third-order valence-electron chi connectivity index (χ3n) is 15.5. The number of halogens is 2. The Morgan fingerprint density at radius 1 is 0.560 bits per heavy atom. The molecule has 470 valence electrons. The molecule has 8 atom stereocenters. The number of esters is 1. The number of carbonyl (C=O) groups excluding carboxylic acids is 7. The Balaban J connectivity index is 1.13. The van der Waals surface area contributed by atoms with Gasteiger partial charge in [0.1, 0.15) is 82.6 Å². The average Bonchev–Trinajstić information content (AvgIpc) is 2.09. The molecule has 0 aromatic heterocycles. The first-order valence-corrected chi connectivity index (χ1v) is 28.8. The van der Waals surface area contributed by atoms with E-state index in [1.807, 2.05) is 0 Å². The minimum absolute atomic E-state index is 0.0444. The number of amides is 6. The van der Waals surface area contributed by atoms with E-state index in [-0.39, 0.29) is 93.9 Å². The fourth-order valence-corrected chi connectivity index (χ4v) is 11.4. The fraction of sp³-hybridized carbons (Fsp3) is 0.222. The number of benzene rings is 7. The molecule has 13 rings (SSSR count). The molecule has 0 saturated carbocycles. The van der Waals surface area contributed by atoms with Crippen molar-refractivity contribution in [2.45, 2.75) is 67.7 Å². The van der Waals surface area contributed by atoms with Gasteiger partial charge in [0.15, 0.2) is 29.0 Å². The van der Waals surface area contributed by atoms with Crippen LogP contribution in [0.2, 0.25) is 10.0 Å². The van der Waals surface area contributed by atoms with Crippen LogP contribution in [-0.2, 0) is 44.7 Å². The molecule has 7 aromatic carbocycles. The lowest BCUT2D eigenvalue weighted by atomic mass is 9.89. The van der Waals surface area contributed by atoms with Gasteiger partial charge in [0, 0.05) is 47.4 Å². The Bertz CT molecular complexity index is 4130.